The number of nitrogens with two attached hydrogens (primary N) is 1. The molecule has 2 aliphatic heterocycles. The van der Waals surface area contributed by atoms with Crippen LogP contribution in [0, 0.1) is 18.3 Å². The number of amides is 2. The molecule has 2 aromatic rings. The first kappa shape index (κ1) is 20.0. The fourth-order valence-electron chi connectivity index (χ4n) is 4.62. The lowest BCUT2D eigenvalue weighted by atomic mass is 9.94. The molecule has 0 saturated carbocycles. The first-order chi connectivity index (χ1) is 14.0. The molecule has 4 rings (SSSR count). The Labute approximate surface area is 179 Å². The molecule has 0 bridgehead atoms. The molecule has 0 spiro atoms. The minimum atomic E-state index is -0.320. The van der Waals surface area contributed by atoms with Gasteiger partial charge in [-0.3, -0.25) is 14.5 Å². The molecule has 0 aliphatic carbocycles. The van der Waals surface area contributed by atoms with E-state index < -0.39 is 0 Å². The van der Waals surface area contributed by atoms with Crippen LogP contribution in [-0.2, 0) is 4.79 Å². The summed E-state index contributed by atoms with van der Waals surface area (Å²) in [5, 5.41) is 0. The maximum atomic E-state index is 12.9. The van der Waals surface area contributed by atoms with E-state index in [0.29, 0.717) is 23.3 Å². The Balaban J connectivity index is 1.39. The van der Waals surface area contributed by atoms with E-state index in [4.69, 9.17) is 5.73 Å². The highest BCUT2D eigenvalue weighted by atomic mass is 79.9. The second kappa shape index (κ2) is 8.63. The predicted octanol–water partition coefficient (Wildman–Crippen LogP) is 2.34. The number of pyridine rings is 1. The van der Waals surface area contributed by atoms with Crippen LogP contribution in [0.1, 0.15) is 22.3 Å². The fourth-order valence-corrected chi connectivity index (χ4v) is 5.04. The molecule has 2 saturated heterocycles. The quantitative estimate of drug-likeness (QED) is 0.677. The van der Waals surface area contributed by atoms with Gasteiger partial charge in [0.15, 0.2) is 0 Å². The number of aromatic nitrogens is 1. The molecule has 2 amide bonds. The highest BCUT2D eigenvalue weighted by Gasteiger charge is 2.50. The number of likely N-dealkylation sites (tertiary alicyclic amines) is 2. The summed E-state index contributed by atoms with van der Waals surface area (Å²) < 4.78 is 0.548. The number of fused-ring (bicyclic) bond motifs is 1. The SMILES string of the molecule is NC(=O)C1[C@@H]2CN(C(=O)c3cccnc3Br)CC2CN1CC[CH]c1ccccc1. The molecule has 2 aliphatic rings. The predicted molar refractivity (Wildman–Crippen MR) is 114 cm³/mol. The van der Waals surface area contributed by atoms with Crippen molar-refractivity contribution in [1.29, 1.82) is 0 Å². The molecule has 1 aromatic carbocycles. The van der Waals surface area contributed by atoms with Crippen LogP contribution >= 0.6 is 15.9 Å². The lowest BCUT2D eigenvalue weighted by Crippen LogP contribution is -2.46. The zero-order valence-electron chi connectivity index (χ0n) is 16.1. The second-order valence-corrected chi connectivity index (χ2v) is 8.47. The fraction of sp³-hybridized carbons (Fsp3) is 0.364. The largest absolute Gasteiger partial charge is 0.368 e. The van der Waals surface area contributed by atoms with Gasteiger partial charge in [0, 0.05) is 31.7 Å². The Kier molecular flexibility index (Phi) is 5.96. The molecule has 29 heavy (non-hydrogen) atoms. The Morgan fingerprint density at radius 2 is 1.93 bits per heavy atom. The van der Waals surface area contributed by atoms with Gasteiger partial charge in [-0.1, -0.05) is 30.3 Å². The molecular formula is C22H24BrN4O2. The zero-order valence-corrected chi connectivity index (χ0v) is 17.7. The topological polar surface area (TPSA) is 79.5 Å². The number of benzene rings is 1. The van der Waals surface area contributed by atoms with Gasteiger partial charge in [0.1, 0.15) is 4.60 Å². The van der Waals surface area contributed by atoms with E-state index >= 15 is 0 Å². The lowest BCUT2D eigenvalue weighted by molar-refractivity contribution is -0.123. The van der Waals surface area contributed by atoms with Gasteiger partial charge in [0.2, 0.25) is 5.91 Å². The summed E-state index contributed by atoms with van der Waals surface area (Å²) in [5.74, 6) is 0.00729. The highest BCUT2D eigenvalue weighted by Crippen LogP contribution is 2.37. The number of halogens is 1. The molecule has 151 valence electrons. The summed E-state index contributed by atoms with van der Waals surface area (Å²) in [4.78, 5) is 33.3. The maximum absolute atomic E-state index is 12.9. The third-order valence-electron chi connectivity index (χ3n) is 5.92. The molecule has 6 nitrogen and oxygen atoms in total. The van der Waals surface area contributed by atoms with Crippen molar-refractivity contribution in [3.05, 3.63) is 70.8 Å². The third kappa shape index (κ3) is 4.21. The molecule has 3 heterocycles. The Bertz CT molecular complexity index is 891. The molecule has 2 N–H and O–H groups in total. The van der Waals surface area contributed by atoms with Crippen molar-refractivity contribution in [3.8, 4) is 0 Å². The van der Waals surface area contributed by atoms with E-state index in [1.807, 2.05) is 23.1 Å². The molecule has 2 fully saturated rings. The van der Waals surface area contributed by atoms with E-state index in [1.54, 1.807) is 18.3 Å². The first-order valence-electron chi connectivity index (χ1n) is 9.86. The van der Waals surface area contributed by atoms with E-state index in [1.165, 1.54) is 5.56 Å². The summed E-state index contributed by atoms with van der Waals surface area (Å²) >= 11 is 3.35. The minimum absolute atomic E-state index is 0.0495. The van der Waals surface area contributed by atoms with Crippen molar-refractivity contribution in [3.63, 3.8) is 0 Å². The molecule has 1 aromatic heterocycles. The summed E-state index contributed by atoms with van der Waals surface area (Å²) in [7, 11) is 0. The van der Waals surface area contributed by atoms with Gasteiger partial charge in [-0.15, -0.1) is 0 Å². The zero-order chi connectivity index (χ0) is 20.4. The van der Waals surface area contributed by atoms with Gasteiger partial charge in [-0.05, 0) is 58.9 Å². The smallest absolute Gasteiger partial charge is 0.256 e. The van der Waals surface area contributed by atoms with E-state index in [0.717, 1.165) is 19.5 Å². The van der Waals surface area contributed by atoms with Gasteiger partial charge in [-0.2, -0.15) is 0 Å². The second-order valence-electron chi connectivity index (χ2n) is 7.72. The summed E-state index contributed by atoms with van der Waals surface area (Å²) in [6.45, 7) is 2.78. The highest BCUT2D eigenvalue weighted by molar-refractivity contribution is 9.10. The van der Waals surface area contributed by atoms with Gasteiger partial charge in [0.05, 0.1) is 11.6 Å². The average molecular weight is 456 g/mol. The first-order valence-corrected chi connectivity index (χ1v) is 10.7. The average Bonchev–Trinajstić information content (AvgIpc) is 3.26. The van der Waals surface area contributed by atoms with Crippen LogP contribution in [0.5, 0.6) is 0 Å². The van der Waals surface area contributed by atoms with Gasteiger partial charge < -0.3 is 10.6 Å². The van der Waals surface area contributed by atoms with Crippen LogP contribution < -0.4 is 5.73 Å². The van der Waals surface area contributed by atoms with Crippen LogP contribution in [0.2, 0.25) is 0 Å². The summed E-state index contributed by atoms with van der Waals surface area (Å²) in [5.41, 5.74) is 7.51. The number of primary amides is 1. The number of hydrogen-bond acceptors (Lipinski definition) is 4. The standard InChI is InChI=1S/C22H24BrN4O2/c23-20-17(9-4-10-25-20)22(29)27-13-16-12-26(19(21(24)28)18(16)14-27)11-5-8-15-6-2-1-3-7-15/h1-4,6-10,16,18-19H,5,11-14H2,(H2,24,28)/t16?,18-,19?/m1/s1. The molecular weight excluding hydrogens is 432 g/mol. The molecule has 2 unspecified atom stereocenters. The van der Waals surface area contributed by atoms with Crippen molar-refractivity contribution in [2.75, 3.05) is 26.2 Å². The minimum Gasteiger partial charge on any atom is -0.368 e. The van der Waals surface area contributed by atoms with Crippen molar-refractivity contribution in [2.24, 2.45) is 17.6 Å². The summed E-state index contributed by atoms with van der Waals surface area (Å²) in [6.07, 6.45) is 4.69. The van der Waals surface area contributed by atoms with Gasteiger partial charge in [-0.25, -0.2) is 4.98 Å². The van der Waals surface area contributed by atoms with E-state index in [9.17, 15) is 9.59 Å². The monoisotopic (exact) mass is 455 g/mol. The number of nitrogens with zero attached hydrogens (tertiary/aromatic N) is 3. The van der Waals surface area contributed by atoms with Gasteiger partial charge in [0.25, 0.3) is 5.91 Å². The van der Waals surface area contributed by atoms with Crippen LogP contribution in [0.25, 0.3) is 0 Å². The Hall–Kier alpha value is -2.25. The van der Waals surface area contributed by atoms with Crippen LogP contribution in [0.4, 0.5) is 0 Å². The number of carbonyl (C=O) groups is 2. The maximum Gasteiger partial charge on any atom is 0.256 e. The third-order valence-corrected chi connectivity index (χ3v) is 6.56. The van der Waals surface area contributed by atoms with Crippen LogP contribution in [-0.4, -0.2) is 58.8 Å². The van der Waals surface area contributed by atoms with Gasteiger partial charge >= 0.3 is 0 Å². The normalized spacial score (nSPS) is 23.9. The number of rotatable bonds is 6. The number of carbonyl (C=O) groups excluding carboxylic acids is 2. The molecule has 3 atom stereocenters. The van der Waals surface area contributed by atoms with Crippen LogP contribution in [0.3, 0.4) is 0 Å². The molecule has 1 radical (unpaired) electrons. The Morgan fingerprint density at radius 1 is 1.14 bits per heavy atom. The van der Waals surface area contributed by atoms with Crippen molar-refractivity contribution >= 4 is 27.7 Å². The van der Waals surface area contributed by atoms with Crippen LogP contribution in [0.15, 0.2) is 53.3 Å². The molecule has 7 heteroatoms. The van der Waals surface area contributed by atoms with Crippen molar-refractivity contribution in [2.45, 2.75) is 12.5 Å². The van der Waals surface area contributed by atoms with Crippen molar-refractivity contribution < 1.29 is 9.59 Å². The summed E-state index contributed by atoms with van der Waals surface area (Å²) in [6, 6.07) is 13.4. The van der Waals surface area contributed by atoms with E-state index in [2.05, 4.69) is 44.4 Å². The Morgan fingerprint density at radius 3 is 2.66 bits per heavy atom. The lowest BCUT2D eigenvalue weighted by Gasteiger charge is -2.27. The van der Waals surface area contributed by atoms with Crippen molar-refractivity contribution in [1.82, 2.24) is 14.8 Å². The van der Waals surface area contributed by atoms with E-state index in [-0.39, 0.29) is 29.7 Å². The number of hydrogen-bond donors (Lipinski definition) is 1.